The summed E-state index contributed by atoms with van der Waals surface area (Å²) in [7, 11) is 2.87. The first kappa shape index (κ1) is 18.8. The molecule has 6 heteroatoms. The fourth-order valence-corrected chi connectivity index (χ4v) is 2.53. The molecule has 4 nitrogen and oxygen atoms in total. The minimum atomic E-state index is -0.590. The van der Waals surface area contributed by atoms with Crippen LogP contribution in [0.3, 0.4) is 0 Å². The van der Waals surface area contributed by atoms with Gasteiger partial charge in [-0.05, 0) is 48.9 Å². The Bertz CT molecular complexity index is 802. The second-order valence-electron chi connectivity index (χ2n) is 5.01. The van der Waals surface area contributed by atoms with Crippen LogP contribution in [0.1, 0.15) is 22.8 Å². The van der Waals surface area contributed by atoms with Gasteiger partial charge in [-0.15, -0.1) is 0 Å². The molecule has 0 fully saturated rings. The Morgan fingerprint density at radius 1 is 1.16 bits per heavy atom. The van der Waals surface area contributed by atoms with Gasteiger partial charge in [0.2, 0.25) is 0 Å². The largest absolute Gasteiger partial charge is 0.494 e. The predicted molar refractivity (Wildman–Crippen MR) is 95.5 cm³/mol. The van der Waals surface area contributed by atoms with E-state index >= 15 is 0 Å². The summed E-state index contributed by atoms with van der Waals surface area (Å²) in [5.74, 6) is 0.0764. The molecule has 0 atom stereocenters. The zero-order valence-corrected chi connectivity index (χ0v) is 14.9. The standard InChI is InChI=1S/C19H18ClFO4/c1-4-25-18-10-12(9-14(20)19(18)24-3)5-7-16(22)13-6-8-17(23-2)15(21)11-13/h5-11H,4H2,1-3H3/b7-5+. The van der Waals surface area contributed by atoms with Gasteiger partial charge in [0.15, 0.2) is 28.8 Å². The van der Waals surface area contributed by atoms with Crippen LogP contribution >= 0.6 is 11.6 Å². The minimum Gasteiger partial charge on any atom is -0.494 e. The van der Waals surface area contributed by atoms with Gasteiger partial charge in [-0.25, -0.2) is 4.39 Å². The SMILES string of the molecule is CCOc1cc(/C=C/C(=O)c2ccc(OC)c(F)c2)cc(Cl)c1OC. The molecule has 0 aliphatic rings. The number of hydrogen-bond donors (Lipinski definition) is 0. The lowest BCUT2D eigenvalue weighted by molar-refractivity contribution is 0.104. The molecule has 2 rings (SSSR count). The second-order valence-corrected chi connectivity index (χ2v) is 5.42. The van der Waals surface area contributed by atoms with Crippen molar-refractivity contribution in [3.63, 3.8) is 0 Å². The van der Waals surface area contributed by atoms with Gasteiger partial charge < -0.3 is 14.2 Å². The second kappa shape index (κ2) is 8.53. The molecule has 0 unspecified atom stereocenters. The Morgan fingerprint density at radius 2 is 1.92 bits per heavy atom. The topological polar surface area (TPSA) is 44.8 Å². The van der Waals surface area contributed by atoms with Gasteiger partial charge in [0.05, 0.1) is 25.8 Å². The third-order valence-corrected chi connectivity index (χ3v) is 3.68. The van der Waals surface area contributed by atoms with E-state index in [0.29, 0.717) is 28.7 Å². The third-order valence-electron chi connectivity index (χ3n) is 3.40. The van der Waals surface area contributed by atoms with Crippen molar-refractivity contribution in [2.45, 2.75) is 6.92 Å². The maximum Gasteiger partial charge on any atom is 0.185 e. The summed E-state index contributed by atoms with van der Waals surface area (Å²) in [5.41, 5.74) is 0.885. The summed E-state index contributed by atoms with van der Waals surface area (Å²) in [6.45, 7) is 2.29. The van der Waals surface area contributed by atoms with Crippen LogP contribution in [0, 0.1) is 5.82 Å². The van der Waals surface area contributed by atoms with Crippen LogP contribution in [-0.2, 0) is 0 Å². The molecule has 0 radical (unpaired) electrons. The number of carbonyl (C=O) groups is 1. The maximum atomic E-state index is 13.7. The summed E-state index contributed by atoms with van der Waals surface area (Å²) in [6, 6.07) is 7.42. The molecule has 2 aromatic rings. The zero-order valence-electron chi connectivity index (χ0n) is 14.1. The average Bonchev–Trinajstić information content (AvgIpc) is 2.59. The quantitative estimate of drug-likeness (QED) is 0.523. The molecule has 2 aromatic carbocycles. The van der Waals surface area contributed by atoms with Crippen LogP contribution < -0.4 is 14.2 Å². The van der Waals surface area contributed by atoms with Crippen molar-refractivity contribution in [1.29, 1.82) is 0 Å². The highest BCUT2D eigenvalue weighted by Gasteiger charge is 2.11. The van der Waals surface area contributed by atoms with Crippen LogP contribution in [0.25, 0.3) is 6.08 Å². The minimum absolute atomic E-state index is 0.0869. The van der Waals surface area contributed by atoms with Crippen LogP contribution in [0.15, 0.2) is 36.4 Å². The van der Waals surface area contributed by atoms with E-state index in [1.54, 1.807) is 18.2 Å². The highest BCUT2D eigenvalue weighted by molar-refractivity contribution is 6.32. The molecule has 0 aromatic heterocycles. The van der Waals surface area contributed by atoms with E-state index in [9.17, 15) is 9.18 Å². The van der Waals surface area contributed by atoms with Crippen LogP contribution in [0.4, 0.5) is 4.39 Å². The highest BCUT2D eigenvalue weighted by Crippen LogP contribution is 2.36. The van der Waals surface area contributed by atoms with Crippen LogP contribution in [0.5, 0.6) is 17.2 Å². The maximum absolute atomic E-state index is 13.7. The Morgan fingerprint density at radius 3 is 2.52 bits per heavy atom. The van der Waals surface area contributed by atoms with Crippen molar-refractivity contribution in [3.8, 4) is 17.2 Å². The van der Waals surface area contributed by atoms with Gasteiger partial charge in [-0.2, -0.15) is 0 Å². The van der Waals surface area contributed by atoms with Gasteiger partial charge in [0.1, 0.15) is 0 Å². The summed E-state index contributed by atoms with van der Waals surface area (Å²) >= 11 is 6.17. The molecular formula is C19H18ClFO4. The lowest BCUT2D eigenvalue weighted by Crippen LogP contribution is -1.98. The first-order chi connectivity index (χ1) is 12.0. The van der Waals surface area contributed by atoms with Crippen molar-refractivity contribution < 1.29 is 23.4 Å². The molecule has 0 aliphatic heterocycles. The summed E-state index contributed by atoms with van der Waals surface area (Å²) in [4.78, 5) is 12.2. The lowest BCUT2D eigenvalue weighted by Gasteiger charge is -2.11. The number of benzene rings is 2. The Hall–Kier alpha value is -2.53. The molecule has 0 saturated carbocycles. The number of hydrogen-bond acceptors (Lipinski definition) is 4. The van der Waals surface area contributed by atoms with Gasteiger partial charge in [0, 0.05) is 5.56 Å². The fourth-order valence-electron chi connectivity index (χ4n) is 2.23. The van der Waals surface area contributed by atoms with Gasteiger partial charge in [-0.1, -0.05) is 17.7 Å². The monoisotopic (exact) mass is 364 g/mol. The lowest BCUT2D eigenvalue weighted by atomic mass is 10.1. The van der Waals surface area contributed by atoms with Crippen molar-refractivity contribution in [2.24, 2.45) is 0 Å². The highest BCUT2D eigenvalue weighted by atomic mass is 35.5. The molecule has 0 amide bonds. The molecule has 132 valence electrons. The number of rotatable bonds is 7. The number of ether oxygens (including phenoxy) is 3. The van der Waals surface area contributed by atoms with Gasteiger partial charge in [0.25, 0.3) is 0 Å². The molecule has 0 N–H and O–H groups in total. The number of methoxy groups -OCH3 is 2. The molecule has 25 heavy (non-hydrogen) atoms. The molecule has 0 bridgehead atoms. The van der Waals surface area contributed by atoms with E-state index in [0.717, 1.165) is 6.07 Å². The Labute approximate surface area is 150 Å². The summed E-state index contributed by atoms with van der Waals surface area (Å²) < 4.78 is 29.2. The van der Waals surface area contributed by atoms with Crippen molar-refractivity contribution in [1.82, 2.24) is 0 Å². The fraction of sp³-hybridized carbons (Fsp3) is 0.211. The normalized spacial score (nSPS) is 10.8. The van der Waals surface area contributed by atoms with Crippen molar-refractivity contribution in [3.05, 3.63) is 58.4 Å². The molecule has 0 saturated heterocycles. The zero-order chi connectivity index (χ0) is 18.4. The first-order valence-corrected chi connectivity index (χ1v) is 7.94. The first-order valence-electron chi connectivity index (χ1n) is 7.56. The summed E-state index contributed by atoms with van der Waals surface area (Å²) in [5, 5.41) is 0.371. The smallest absolute Gasteiger partial charge is 0.185 e. The number of allylic oxidation sites excluding steroid dienone is 1. The summed E-state index contributed by atoms with van der Waals surface area (Å²) in [6.07, 6.45) is 2.92. The third kappa shape index (κ3) is 4.51. The molecule has 0 aliphatic carbocycles. The van der Waals surface area contributed by atoms with Crippen LogP contribution in [-0.4, -0.2) is 26.6 Å². The van der Waals surface area contributed by atoms with E-state index in [-0.39, 0.29) is 17.1 Å². The van der Waals surface area contributed by atoms with E-state index < -0.39 is 5.82 Å². The molecule has 0 spiro atoms. The van der Waals surface area contributed by atoms with Crippen molar-refractivity contribution in [2.75, 3.05) is 20.8 Å². The van der Waals surface area contributed by atoms with E-state index in [1.807, 2.05) is 6.92 Å². The molecule has 0 heterocycles. The van der Waals surface area contributed by atoms with E-state index in [4.69, 9.17) is 25.8 Å². The van der Waals surface area contributed by atoms with E-state index in [2.05, 4.69) is 0 Å². The van der Waals surface area contributed by atoms with Crippen LogP contribution in [0.2, 0.25) is 5.02 Å². The van der Waals surface area contributed by atoms with Gasteiger partial charge >= 0.3 is 0 Å². The van der Waals surface area contributed by atoms with E-state index in [1.165, 1.54) is 32.4 Å². The average molecular weight is 365 g/mol. The molecular weight excluding hydrogens is 347 g/mol. The van der Waals surface area contributed by atoms with Gasteiger partial charge in [-0.3, -0.25) is 4.79 Å². The number of ketones is 1. The number of carbonyl (C=O) groups excluding carboxylic acids is 1. The van der Waals surface area contributed by atoms with Crippen molar-refractivity contribution >= 4 is 23.5 Å². The Balaban J connectivity index is 2.26. The predicted octanol–water partition coefficient (Wildman–Crippen LogP) is 4.79. The Kier molecular flexibility index (Phi) is 6.42. The number of halogens is 2.